The van der Waals surface area contributed by atoms with E-state index in [-0.39, 0.29) is 5.91 Å². The van der Waals surface area contributed by atoms with E-state index in [0.29, 0.717) is 24.6 Å². The fourth-order valence-corrected chi connectivity index (χ4v) is 3.47. The summed E-state index contributed by atoms with van der Waals surface area (Å²) in [4.78, 5) is 23.3. The molecule has 27 heavy (non-hydrogen) atoms. The van der Waals surface area contributed by atoms with Gasteiger partial charge in [0.1, 0.15) is 17.8 Å². The Labute approximate surface area is 159 Å². The number of carbonyl (C=O) groups is 1. The number of nitrogens with zero attached hydrogens (tertiary/aromatic N) is 3. The molecule has 5 nitrogen and oxygen atoms in total. The Bertz CT molecular complexity index is 999. The highest BCUT2D eigenvalue weighted by Gasteiger charge is 2.22. The van der Waals surface area contributed by atoms with Crippen LogP contribution in [0.3, 0.4) is 0 Å². The van der Waals surface area contributed by atoms with Gasteiger partial charge in [-0.2, -0.15) is 0 Å². The van der Waals surface area contributed by atoms with E-state index in [9.17, 15) is 4.79 Å². The number of aryl methyl sites for hydroxylation is 2. The first-order valence-corrected chi connectivity index (χ1v) is 9.12. The van der Waals surface area contributed by atoms with Crippen molar-refractivity contribution in [2.45, 2.75) is 26.8 Å². The van der Waals surface area contributed by atoms with Crippen LogP contribution in [0.5, 0.6) is 0 Å². The average Bonchev–Trinajstić information content (AvgIpc) is 2.69. The first-order valence-electron chi connectivity index (χ1n) is 9.12. The first-order chi connectivity index (χ1) is 13.1. The highest BCUT2D eigenvalue weighted by molar-refractivity contribution is 5.93. The van der Waals surface area contributed by atoms with Crippen LogP contribution in [0.1, 0.15) is 32.7 Å². The van der Waals surface area contributed by atoms with E-state index in [4.69, 9.17) is 0 Å². The molecule has 1 N–H and O–H groups in total. The summed E-state index contributed by atoms with van der Waals surface area (Å²) in [6, 6.07) is 16.2. The predicted octanol–water partition coefficient (Wildman–Crippen LogP) is 4.04. The standard InChI is InChI=1S/C22H22N4O/c1-15-7-8-19(16(2)11-15)25-21-12-20(23-14-24-21)22(27)26-10-9-17-5-3-4-6-18(17)13-26/h3-8,11-12,14H,9-10,13H2,1-2H3,(H,23,24,25). The van der Waals surface area contributed by atoms with E-state index in [2.05, 4.69) is 40.4 Å². The average molecular weight is 358 g/mol. The fourth-order valence-electron chi connectivity index (χ4n) is 3.47. The Morgan fingerprint density at radius 2 is 1.85 bits per heavy atom. The molecule has 1 aliphatic heterocycles. The van der Waals surface area contributed by atoms with Crippen LogP contribution in [0, 0.1) is 13.8 Å². The lowest BCUT2D eigenvalue weighted by molar-refractivity contribution is 0.0728. The van der Waals surface area contributed by atoms with E-state index in [1.165, 1.54) is 23.0 Å². The second-order valence-corrected chi connectivity index (χ2v) is 6.98. The van der Waals surface area contributed by atoms with Crippen molar-refractivity contribution in [3.63, 3.8) is 0 Å². The normalized spacial score (nSPS) is 13.2. The number of hydrogen-bond donors (Lipinski definition) is 1. The number of anilines is 2. The van der Waals surface area contributed by atoms with Gasteiger partial charge in [0.2, 0.25) is 0 Å². The molecule has 136 valence electrons. The van der Waals surface area contributed by atoms with Crippen LogP contribution in [0.2, 0.25) is 0 Å². The van der Waals surface area contributed by atoms with Gasteiger partial charge in [0, 0.05) is 24.8 Å². The summed E-state index contributed by atoms with van der Waals surface area (Å²) < 4.78 is 0. The number of amides is 1. The molecule has 1 amide bonds. The van der Waals surface area contributed by atoms with Crippen molar-refractivity contribution >= 4 is 17.4 Å². The molecule has 0 radical (unpaired) electrons. The zero-order valence-electron chi connectivity index (χ0n) is 15.6. The summed E-state index contributed by atoms with van der Waals surface area (Å²) in [6.07, 6.45) is 2.32. The molecule has 1 aliphatic rings. The van der Waals surface area contributed by atoms with Gasteiger partial charge in [0.15, 0.2) is 0 Å². The van der Waals surface area contributed by atoms with E-state index in [1.807, 2.05) is 36.1 Å². The van der Waals surface area contributed by atoms with Gasteiger partial charge < -0.3 is 10.2 Å². The van der Waals surface area contributed by atoms with Crippen molar-refractivity contribution in [2.75, 3.05) is 11.9 Å². The highest BCUT2D eigenvalue weighted by Crippen LogP contribution is 2.22. The smallest absolute Gasteiger partial charge is 0.272 e. The molecule has 0 saturated heterocycles. The second kappa shape index (κ2) is 7.19. The minimum Gasteiger partial charge on any atom is -0.340 e. The van der Waals surface area contributed by atoms with Crippen molar-refractivity contribution in [1.29, 1.82) is 0 Å². The second-order valence-electron chi connectivity index (χ2n) is 6.98. The molecular formula is C22H22N4O. The van der Waals surface area contributed by atoms with Crippen molar-refractivity contribution in [3.8, 4) is 0 Å². The zero-order valence-corrected chi connectivity index (χ0v) is 15.6. The van der Waals surface area contributed by atoms with E-state index < -0.39 is 0 Å². The van der Waals surface area contributed by atoms with Gasteiger partial charge in [0.05, 0.1) is 0 Å². The molecule has 1 aromatic heterocycles. The van der Waals surface area contributed by atoms with E-state index >= 15 is 0 Å². The zero-order chi connectivity index (χ0) is 18.8. The number of carbonyl (C=O) groups excluding carboxylic acids is 1. The van der Waals surface area contributed by atoms with Crippen LogP contribution in [0.25, 0.3) is 0 Å². The van der Waals surface area contributed by atoms with Gasteiger partial charge in [-0.15, -0.1) is 0 Å². The third kappa shape index (κ3) is 3.67. The quantitative estimate of drug-likeness (QED) is 0.768. The lowest BCUT2D eigenvalue weighted by Gasteiger charge is -2.28. The fraction of sp³-hybridized carbons (Fsp3) is 0.227. The maximum absolute atomic E-state index is 12.9. The molecular weight excluding hydrogens is 336 g/mol. The Morgan fingerprint density at radius 3 is 2.67 bits per heavy atom. The molecule has 4 rings (SSSR count). The van der Waals surface area contributed by atoms with Crippen LogP contribution in [0.4, 0.5) is 11.5 Å². The monoisotopic (exact) mass is 358 g/mol. The van der Waals surface area contributed by atoms with Gasteiger partial charge in [0.25, 0.3) is 5.91 Å². The van der Waals surface area contributed by atoms with Crippen LogP contribution in [-0.4, -0.2) is 27.3 Å². The van der Waals surface area contributed by atoms with E-state index in [0.717, 1.165) is 17.7 Å². The summed E-state index contributed by atoms with van der Waals surface area (Å²) >= 11 is 0. The SMILES string of the molecule is Cc1ccc(Nc2cc(C(=O)N3CCc4ccccc4C3)ncn2)c(C)c1. The molecule has 2 heterocycles. The molecule has 3 aromatic rings. The third-order valence-corrected chi connectivity index (χ3v) is 4.95. The Hall–Kier alpha value is -3.21. The molecule has 2 aromatic carbocycles. The number of benzene rings is 2. The van der Waals surface area contributed by atoms with Gasteiger partial charge in [-0.1, -0.05) is 42.0 Å². The maximum Gasteiger partial charge on any atom is 0.272 e. The molecule has 0 atom stereocenters. The Morgan fingerprint density at radius 1 is 1.04 bits per heavy atom. The summed E-state index contributed by atoms with van der Waals surface area (Å²) in [7, 11) is 0. The minimum atomic E-state index is -0.0596. The van der Waals surface area contributed by atoms with Gasteiger partial charge in [-0.25, -0.2) is 9.97 Å². The van der Waals surface area contributed by atoms with Crippen LogP contribution in [-0.2, 0) is 13.0 Å². The van der Waals surface area contributed by atoms with Crippen molar-refractivity contribution in [1.82, 2.24) is 14.9 Å². The number of aromatic nitrogens is 2. The Kier molecular flexibility index (Phi) is 4.59. The molecule has 0 fully saturated rings. The first kappa shape index (κ1) is 17.2. The molecule has 0 spiro atoms. The maximum atomic E-state index is 12.9. The molecule has 0 unspecified atom stereocenters. The number of hydrogen-bond acceptors (Lipinski definition) is 4. The Balaban J connectivity index is 1.53. The molecule has 0 saturated carbocycles. The summed E-state index contributed by atoms with van der Waals surface area (Å²) in [5, 5.41) is 3.29. The van der Waals surface area contributed by atoms with Gasteiger partial charge in [-0.05, 0) is 43.0 Å². The predicted molar refractivity (Wildman–Crippen MR) is 106 cm³/mol. The lowest BCUT2D eigenvalue weighted by Crippen LogP contribution is -2.36. The number of fused-ring (bicyclic) bond motifs is 1. The lowest BCUT2D eigenvalue weighted by atomic mass is 10.00. The molecule has 0 aliphatic carbocycles. The largest absolute Gasteiger partial charge is 0.340 e. The van der Waals surface area contributed by atoms with E-state index in [1.54, 1.807) is 6.07 Å². The van der Waals surface area contributed by atoms with Gasteiger partial charge in [-0.3, -0.25) is 4.79 Å². The highest BCUT2D eigenvalue weighted by atomic mass is 16.2. The summed E-state index contributed by atoms with van der Waals surface area (Å²) in [6.45, 7) is 5.45. The summed E-state index contributed by atoms with van der Waals surface area (Å²) in [5.41, 5.74) is 6.26. The number of rotatable bonds is 3. The third-order valence-electron chi connectivity index (χ3n) is 4.95. The van der Waals surface area contributed by atoms with Gasteiger partial charge >= 0.3 is 0 Å². The minimum absolute atomic E-state index is 0.0596. The van der Waals surface area contributed by atoms with Crippen LogP contribution >= 0.6 is 0 Å². The topological polar surface area (TPSA) is 58.1 Å². The molecule has 0 bridgehead atoms. The molecule has 5 heteroatoms. The van der Waals surface area contributed by atoms with Crippen molar-refractivity contribution in [2.24, 2.45) is 0 Å². The van der Waals surface area contributed by atoms with Crippen LogP contribution in [0.15, 0.2) is 54.9 Å². The van der Waals surface area contributed by atoms with Crippen molar-refractivity contribution < 1.29 is 4.79 Å². The van der Waals surface area contributed by atoms with Crippen LogP contribution < -0.4 is 5.32 Å². The summed E-state index contributed by atoms with van der Waals surface area (Å²) in [5.74, 6) is 0.563. The number of nitrogens with one attached hydrogen (secondary N) is 1. The van der Waals surface area contributed by atoms with Crippen molar-refractivity contribution in [3.05, 3.63) is 82.8 Å².